The normalized spacial score (nSPS) is 22.9. The van der Waals surface area contributed by atoms with Gasteiger partial charge in [0.25, 0.3) is 0 Å². The van der Waals surface area contributed by atoms with Crippen LogP contribution >= 0.6 is 11.6 Å². The molecule has 2 aliphatic heterocycles. The van der Waals surface area contributed by atoms with Crippen LogP contribution in [0.5, 0.6) is 0 Å². The lowest BCUT2D eigenvalue weighted by Crippen LogP contribution is -2.49. The van der Waals surface area contributed by atoms with Gasteiger partial charge >= 0.3 is 6.18 Å². The third-order valence-electron chi connectivity index (χ3n) is 2.74. The second-order valence-electron chi connectivity index (χ2n) is 3.93. The standard InChI is InChI=1S/C10H11ClF3N3/c1-6-5-8(11)15-9-3-4-16(17(6)9)7(2)10(12,13)14/h3,5,7H,4H2,1-2H3/t7-/m0/s1. The number of nitrogens with zero attached hydrogens (tertiary/aromatic N) is 3. The van der Waals surface area contributed by atoms with E-state index in [2.05, 4.69) is 4.99 Å². The Morgan fingerprint density at radius 3 is 2.71 bits per heavy atom. The van der Waals surface area contributed by atoms with Gasteiger partial charge in [0.15, 0.2) is 0 Å². The van der Waals surface area contributed by atoms with Gasteiger partial charge in [0.05, 0.1) is 0 Å². The molecule has 3 nitrogen and oxygen atoms in total. The molecule has 7 heteroatoms. The Labute approximate surface area is 102 Å². The molecule has 2 rings (SSSR count). The summed E-state index contributed by atoms with van der Waals surface area (Å²) in [5.74, 6) is 0.450. The van der Waals surface area contributed by atoms with Crippen molar-refractivity contribution >= 4 is 16.8 Å². The molecule has 0 amide bonds. The van der Waals surface area contributed by atoms with Crippen molar-refractivity contribution < 1.29 is 13.2 Å². The Morgan fingerprint density at radius 2 is 2.12 bits per heavy atom. The molecule has 17 heavy (non-hydrogen) atoms. The number of hydrogen-bond donors (Lipinski definition) is 0. The monoisotopic (exact) mass is 265 g/mol. The average molecular weight is 266 g/mol. The van der Waals surface area contributed by atoms with Gasteiger partial charge in [-0.1, -0.05) is 11.6 Å². The van der Waals surface area contributed by atoms with Gasteiger partial charge in [-0.05, 0) is 26.0 Å². The molecule has 0 aromatic rings. The minimum absolute atomic E-state index is 0.175. The molecule has 0 unspecified atom stereocenters. The van der Waals surface area contributed by atoms with Crippen molar-refractivity contribution in [2.75, 3.05) is 6.54 Å². The molecule has 0 radical (unpaired) electrons. The predicted octanol–water partition coefficient (Wildman–Crippen LogP) is 2.87. The van der Waals surface area contributed by atoms with E-state index >= 15 is 0 Å². The van der Waals surface area contributed by atoms with Crippen molar-refractivity contribution in [3.8, 4) is 0 Å². The van der Waals surface area contributed by atoms with Crippen LogP contribution in [-0.4, -0.2) is 34.0 Å². The maximum Gasteiger partial charge on any atom is 0.405 e. The zero-order valence-corrected chi connectivity index (χ0v) is 10.0. The summed E-state index contributed by atoms with van der Waals surface area (Å²) in [5.41, 5.74) is 0.629. The van der Waals surface area contributed by atoms with Crippen LogP contribution in [-0.2, 0) is 0 Å². The summed E-state index contributed by atoms with van der Waals surface area (Å²) in [6, 6.07) is -1.56. The van der Waals surface area contributed by atoms with Crippen molar-refractivity contribution in [1.29, 1.82) is 0 Å². The van der Waals surface area contributed by atoms with E-state index < -0.39 is 12.2 Å². The maximum absolute atomic E-state index is 12.7. The summed E-state index contributed by atoms with van der Waals surface area (Å²) in [6.45, 7) is 3.01. The highest BCUT2D eigenvalue weighted by atomic mass is 35.5. The highest BCUT2D eigenvalue weighted by molar-refractivity contribution is 6.68. The zero-order chi connectivity index (χ0) is 12.8. The lowest BCUT2D eigenvalue weighted by atomic mass is 10.3. The average Bonchev–Trinajstić information content (AvgIpc) is 2.58. The fraction of sp³-hybridized carbons (Fsp3) is 0.500. The lowest BCUT2D eigenvalue weighted by Gasteiger charge is -2.37. The summed E-state index contributed by atoms with van der Waals surface area (Å²) in [6.07, 6.45) is -1.10. The number of halogens is 4. The van der Waals surface area contributed by atoms with Crippen LogP contribution in [0.2, 0.25) is 0 Å². The van der Waals surface area contributed by atoms with Gasteiger partial charge in [0, 0.05) is 12.2 Å². The van der Waals surface area contributed by atoms with Gasteiger partial charge in [-0.3, -0.25) is 5.01 Å². The van der Waals surface area contributed by atoms with E-state index in [-0.39, 0.29) is 11.7 Å². The summed E-state index contributed by atoms with van der Waals surface area (Å²) in [5, 5.41) is 2.95. The number of rotatable bonds is 1. The first-order chi connectivity index (χ1) is 7.80. The molecule has 0 spiro atoms. The first-order valence-corrected chi connectivity index (χ1v) is 5.44. The molecule has 0 aliphatic carbocycles. The molecule has 0 N–H and O–H groups in total. The second-order valence-corrected chi connectivity index (χ2v) is 4.32. The smallest absolute Gasteiger partial charge is 0.261 e. The molecule has 0 fully saturated rings. The first-order valence-electron chi connectivity index (χ1n) is 5.07. The molecule has 0 saturated carbocycles. The highest BCUT2D eigenvalue weighted by Crippen LogP contribution is 2.34. The molecule has 0 bridgehead atoms. The van der Waals surface area contributed by atoms with Crippen molar-refractivity contribution in [3.05, 3.63) is 23.7 Å². The van der Waals surface area contributed by atoms with Crippen LogP contribution in [0.1, 0.15) is 13.8 Å². The van der Waals surface area contributed by atoms with E-state index in [0.29, 0.717) is 11.5 Å². The van der Waals surface area contributed by atoms with Gasteiger partial charge < -0.3 is 0 Å². The van der Waals surface area contributed by atoms with Crippen molar-refractivity contribution in [1.82, 2.24) is 10.0 Å². The van der Waals surface area contributed by atoms with Crippen LogP contribution in [0.3, 0.4) is 0 Å². The Bertz CT molecular complexity index is 425. The number of hydrazine groups is 1. The summed E-state index contributed by atoms with van der Waals surface area (Å²) >= 11 is 5.76. The lowest BCUT2D eigenvalue weighted by molar-refractivity contribution is -0.201. The molecular weight excluding hydrogens is 255 g/mol. The minimum atomic E-state index is -4.27. The number of hydrogen-bond acceptors (Lipinski definition) is 3. The van der Waals surface area contributed by atoms with E-state index in [4.69, 9.17) is 11.6 Å². The Kier molecular flexibility index (Phi) is 2.95. The van der Waals surface area contributed by atoms with Crippen LogP contribution in [0.4, 0.5) is 13.2 Å². The van der Waals surface area contributed by atoms with E-state index in [0.717, 1.165) is 6.92 Å². The molecule has 2 heterocycles. The van der Waals surface area contributed by atoms with Gasteiger partial charge in [0.1, 0.15) is 17.0 Å². The fourth-order valence-corrected chi connectivity index (χ4v) is 2.07. The van der Waals surface area contributed by atoms with E-state index in [9.17, 15) is 13.2 Å². The highest BCUT2D eigenvalue weighted by Gasteiger charge is 2.44. The number of allylic oxidation sites excluding steroid dienone is 2. The van der Waals surface area contributed by atoms with E-state index in [1.54, 1.807) is 19.1 Å². The first kappa shape index (κ1) is 12.4. The number of alkyl halides is 3. The van der Waals surface area contributed by atoms with Gasteiger partial charge in [-0.15, -0.1) is 0 Å². The van der Waals surface area contributed by atoms with Crippen molar-refractivity contribution in [2.45, 2.75) is 26.1 Å². The fourth-order valence-electron chi connectivity index (χ4n) is 1.83. The van der Waals surface area contributed by atoms with Crippen molar-refractivity contribution in [3.63, 3.8) is 0 Å². The Morgan fingerprint density at radius 1 is 1.47 bits per heavy atom. The van der Waals surface area contributed by atoms with Crippen molar-refractivity contribution in [2.24, 2.45) is 4.99 Å². The summed E-state index contributed by atoms with van der Waals surface area (Å²) in [7, 11) is 0. The Balaban J connectivity index is 2.26. The largest absolute Gasteiger partial charge is 0.405 e. The molecule has 0 aromatic heterocycles. The van der Waals surface area contributed by atoms with Crippen LogP contribution in [0.25, 0.3) is 0 Å². The maximum atomic E-state index is 12.7. The van der Waals surface area contributed by atoms with Gasteiger partial charge in [-0.2, -0.15) is 18.2 Å². The SMILES string of the molecule is CC1=CC(Cl)=NC2=CCN([C@@H](C)C(F)(F)F)N12. The zero-order valence-electron chi connectivity index (χ0n) is 9.29. The third-order valence-corrected chi connectivity index (χ3v) is 2.93. The quantitative estimate of drug-likeness (QED) is 0.726. The van der Waals surface area contributed by atoms with Gasteiger partial charge in [0.2, 0.25) is 0 Å². The van der Waals surface area contributed by atoms with Crippen LogP contribution in [0, 0.1) is 0 Å². The number of fused-ring (bicyclic) bond motifs is 1. The van der Waals surface area contributed by atoms with Crippen LogP contribution < -0.4 is 0 Å². The molecule has 1 atom stereocenters. The predicted molar refractivity (Wildman–Crippen MR) is 59.2 cm³/mol. The van der Waals surface area contributed by atoms with Gasteiger partial charge in [-0.25, -0.2) is 4.99 Å². The van der Waals surface area contributed by atoms with E-state index in [1.165, 1.54) is 10.0 Å². The summed E-state index contributed by atoms with van der Waals surface area (Å²) in [4.78, 5) is 3.99. The minimum Gasteiger partial charge on any atom is -0.261 e. The Hall–Kier alpha value is -1.01. The molecule has 0 aromatic carbocycles. The second kappa shape index (κ2) is 4.03. The number of aliphatic imine (C=N–C) groups is 1. The topological polar surface area (TPSA) is 18.8 Å². The van der Waals surface area contributed by atoms with Crippen LogP contribution in [0.15, 0.2) is 28.7 Å². The summed E-state index contributed by atoms with van der Waals surface area (Å²) < 4.78 is 38.1. The molecule has 0 saturated heterocycles. The van der Waals surface area contributed by atoms with E-state index in [1.807, 2.05) is 0 Å². The molecular formula is C10H11ClF3N3. The third kappa shape index (κ3) is 2.19. The molecule has 94 valence electrons. The molecule has 2 aliphatic rings.